The van der Waals surface area contributed by atoms with Gasteiger partial charge in [0.2, 0.25) is 0 Å². The Balaban J connectivity index is 1.58. The number of nitrogens with one attached hydrogen (secondary N) is 1. The summed E-state index contributed by atoms with van der Waals surface area (Å²) in [6.45, 7) is 5.89. The van der Waals surface area contributed by atoms with Crippen molar-refractivity contribution in [2.75, 3.05) is 26.7 Å². The molecular formula is C17H32N2O. The zero-order chi connectivity index (χ0) is 14.1. The van der Waals surface area contributed by atoms with Gasteiger partial charge in [0.15, 0.2) is 0 Å². The Bertz CT molecular complexity index is 311. The molecule has 3 aliphatic rings. The highest BCUT2D eigenvalue weighted by molar-refractivity contribution is 4.96. The van der Waals surface area contributed by atoms with Gasteiger partial charge in [0.1, 0.15) is 0 Å². The van der Waals surface area contributed by atoms with E-state index in [9.17, 15) is 0 Å². The third-order valence-electron chi connectivity index (χ3n) is 6.25. The Kier molecular flexibility index (Phi) is 4.40. The first-order valence-electron chi connectivity index (χ1n) is 8.72. The molecule has 3 nitrogen and oxygen atoms in total. The van der Waals surface area contributed by atoms with E-state index in [1.807, 2.05) is 0 Å². The fraction of sp³-hybridized carbons (Fsp3) is 1.00. The predicted octanol–water partition coefficient (Wildman–Crippen LogP) is 2.94. The molecule has 116 valence electrons. The molecule has 20 heavy (non-hydrogen) atoms. The predicted molar refractivity (Wildman–Crippen MR) is 83.1 cm³/mol. The number of hydrogen-bond donors (Lipinski definition) is 1. The first-order chi connectivity index (χ1) is 9.65. The van der Waals surface area contributed by atoms with Crippen molar-refractivity contribution < 1.29 is 4.74 Å². The molecule has 3 fully saturated rings. The fourth-order valence-electron chi connectivity index (χ4n) is 4.49. The molecule has 1 unspecified atom stereocenters. The Labute approximate surface area is 124 Å². The average molecular weight is 280 g/mol. The monoisotopic (exact) mass is 280 g/mol. The summed E-state index contributed by atoms with van der Waals surface area (Å²) in [4.78, 5) is 2.76. The molecule has 2 saturated heterocycles. The van der Waals surface area contributed by atoms with Crippen molar-refractivity contribution in [1.82, 2.24) is 10.2 Å². The van der Waals surface area contributed by atoms with E-state index < -0.39 is 0 Å². The van der Waals surface area contributed by atoms with Gasteiger partial charge in [-0.25, -0.2) is 0 Å². The van der Waals surface area contributed by atoms with Gasteiger partial charge >= 0.3 is 0 Å². The molecule has 2 heterocycles. The zero-order valence-corrected chi connectivity index (χ0v) is 13.4. The highest BCUT2D eigenvalue weighted by atomic mass is 16.5. The van der Waals surface area contributed by atoms with Crippen molar-refractivity contribution >= 4 is 0 Å². The normalized spacial score (nSPS) is 34.2. The molecule has 0 radical (unpaired) electrons. The van der Waals surface area contributed by atoms with Crippen LogP contribution in [0.4, 0.5) is 0 Å². The van der Waals surface area contributed by atoms with E-state index in [-0.39, 0.29) is 5.60 Å². The van der Waals surface area contributed by atoms with E-state index in [1.54, 1.807) is 0 Å². The van der Waals surface area contributed by atoms with Gasteiger partial charge in [0.05, 0.1) is 5.60 Å². The van der Waals surface area contributed by atoms with Crippen LogP contribution in [-0.2, 0) is 4.74 Å². The van der Waals surface area contributed by atoms with E-state index in [2.05, 4.69) is 24.2 Å². The number of piperidine rings is 1. The van der Waals surface area contributed by atoms with Gasteiger partial charge < -0.3 is 15.0 Å². The lowest BCUT2D eigenvalue weighted by Gasteiger charge is -2.49. The lowest BCUT2D eigenvalue weighted by molar-refractivity contribution is -0.127. The zero-order valence-electron chi connectivity index (χ0n) is 13.4. The Morgan fingerprint density at radius 2 is 1.75 bits per heavy atom. The molecule has 0 aromatic rings. The van der Waals surface area contributed by atoms with Crippen molar-refractivity contribution in [3.8, 4) is 0 Å². The number of ether oxygens (including phenoxy) is 1. The summed E-state index contributed by atoms with van der Waals surface area (Å²) >= 11 is 0. The summed E-state index contributed by atoms with van der Waals surface area (Å²) in [7, 11) is 2.11. The molecule has 0 amide bonds. The number of nitrogens with zero attached hydrogens (tertiary/aromatic N) is 1. The average Bonchev–Trinajstić information content (AvgIpc) is 2.49. The lowest BCUT2D eigenvalue weighted by atomic mass is 9.77. The van der Waals surface area contributed by atoms with Gasteiger partial charge in [0.25, 0.3) is 0 Å². The third kappa shape index (κ3) is 3.05. The largest absolute Gasteiger partial charge is 0.375 e. The summed E-state index contributed by atoms with van der Waals surface area (Å²) in [6, 6.07) is 0.781. The van der Waals surface area contributed by atoms with Crippen LogP contribution in [0.2, 0.25) is 0 Å². The Morgan fingerprint density at radius 3 is 2.40 bits per heavy atom. The minimum Gasteiger partial charge on any atom is -0.375 e. The summed E-state index contributed by atoms with van der Waals surface area (Å²) in [5, 5.41) is 3.51. The molecule has 1 spiro atoms. The first-order valence-corrected chi connectivity index (χ1v) is 8.72. The molecule has 0 aromatic carbocycles. The van der Waals surface area contributed by atoms with Gasteiger partial charge in [-0.15, -0.1) is 0 Å². The minimum atomic E-state index is 0.255. The van der Waals surface area contributed by atoms with Crippen LogP contribution in [0.3, 0.4) is 0 Å². The molecule has 0 bridgehead atoms. The van der Waals surface area contributed by atoms with Crippen molar-refractivity contribution in [3.05, 3.63) is 0 Å². The van der Waals surface area contributed by atoms with Crippen molar-refractivity contribution in [2.24, 2.45) is 0 Å². The summed E-state index contributed by atoms with van der Waals surface area (Å²) in [5.74, 6) is 0. The molecule has 1 saturated carbocycles. The second kappa shape index (κ2) is 5.94. The van der Waals surface area contributed by atoms with Crippen molar-refractivity contribution in [2.45, 2.75) is 81.9 Å². The van der Waals surface area contributed by atoms with Crippen molar-refractivity contribution in [3.63, 3.8) is 0 Å². The smallest absolute Gasteiger partial charge is 0.0697 e. The SMILES string of the molecule is CNC1(C)CCN(C2CCOC3(CCCCC3)C2)CC1. The second-order valence-electron chi connectivity index (χ2n) is 7.59. The van der Waals surface area contributed by atoms with Gasteiger partial charge in [-0.2, -0.15) is 0 Å². The van der Waals surface area contributed by atoms with Crippen LogP contribution < -0.4 is 5.32 Å². The molecular weight excluding hydrogens is 248 g/mol. The standard InChI is InChI=1S/C17H32N2O/c1-16(18-2)9-11-19(12-10-16)15-6-13-20-17(14-15)7-4-3-5-8-17/h15,18H,3-14H2,1-2H3. The maximum atomic E-state index is 6.25. The van der Waals surface area contributed by atoms with Crippen LogP contribution in [-0.4, -0.2) is 48.8 Å². The first kappa shape index (κ1) is 14.8. The number of rotatable bonds is 2. The van der Waals surface area contributed by atoms with E-state index in [4.69, 9.17) is 4.74 Å². The van der Waals surface area contributed by atoms with Gasteiger partial charge in [-0.3, -0.25) is 0 Å². The third-order valence-corrected chi connectivity index (χ3v) is 6.25. The van der Waals surface area contributed by atoms with Crippen LogP contribution in [0, 0.1) is 0 Å². The Morgan fingerprint density at radius 1 is 1.05 bits per heavy atom. The second-order valence-corrected chi connectivity index (χ2v) is 7.59. The van der Waals surface area contributed by atoms with E-state index in [0.717, 1.165) is 12.6 Å². The quantitative estimate of drug-likeness (QED) is 0.841. The van der Waals surface area contributed by atoms with Crippen LogP contribution in [0.1, 0.15) is 64.7 Å². The molecule has 0 aromatic heterocycles. The molecule has 2 aliphatic heterocycles. The molecule has 3 rings (SSSR count). The minimum absolute atomic E-state index is 0.255. The van der Waals surface area contributed by atoms with E-state index in [1.165, 1.54) is 70.9 Å². The van der Waals surface area contributed by atoms with Crippen LogP contribution >= 0.6 is 0 Å². The maximum Gasteiger partial charge on any atom is 0.0697 e. The fourth-order valence-corrected chi connectivity index (χ4v) is 4.49. The highest BCUT2D eigenvalue weighted by Gasteiger charge is 2.41. The van der Waals surface area contributed by atoms with E-state index in [0.29, 0.717) is 5.54 Å². The summed E-state index contributed by atoms with van der Waals surface area (Å²) < 4.78 is 6.25. The number of hydrogen-bond acceptors (Lipinski definition) is 3. The number of likely N-dealkylation sites (tertiary alicyclic amines) is 1. The maximum absolute atomic E-state index is 6.25. The van der Waals surface area contributed by atoms with Crippen LogP contribution in [0.15, 0.2) is 0 Å². The molecule has 1 N–H and O–H groups in total. The van der Waals surface area contributed by atoms with Gasteiger partial charge in [0, 0.05) is 31.3 Å². The van der Waals surface area contributed by atoms with Gasteiger partial charge in [-0.1, -0.05) is 19.3 Å². The molecule has 3 heteroatoms. The lowest BCUT2D eigenvalue weighted by Crippen LogP contribution is -2.55. The molecule has 1 aliphatic carbocycles. The van der Waals surface area contributed by atoms with Crippen molar-refractivity contribution in [1.29, 1.82) is 0 Å². The summed E-state index contributed by atoms with van der Waals surface area (Å²) in [6.07, 6.45) is 11.9. The Hall–Kier alpha value is -0.120. The topological polar surface area (TPSA) is 24.5 Å². The van der Waals surface area contributed by atoms with Crippen LogP contribution in [0.5, 0.6) is 0 Å². The summed E-state index contributed by atoms with van der Waals surface area (Å²) in [5.41, 5.74) is 0.620. The van der Waals surface area contributed by atoms with Gasteiger partial charge in [-0.05, 0) is 52.5 Å². The van der Waals surface area contributed by atoms with E-state index >= 15 is 0 Å². The highest BCUT2D eigenvalue weighted by Crippen LogP contribution is 2.40. The van der Waals surface area contributed by atoms with Crippen LogP contribution in [0.25, 0.3) is 0 Å². The molecule has 1 atom stereocenters.